The van der Waals surface area contributed by atoms with E-state index < -0.39 is 5.97 Å². The summed E-state index contributed by atoms with van der Waals surface area (Å²) in [6, 6.07) is 6.19. The molecule has 0 amide bonds. The average molecular weight is 327 g/mol. The van der Waals surface area contributed by atoms with Crippen LogP contribution in [-0.2, 0) is 14.9 Å². The molecule has 19 heavy (non-hydrogen) atoms. The van der Waals surface area contributed by atoms with Gasteiger partial charge in [0.2, 0.25) is 0 Å². The minimum atomic E-state index is -0.769. The maximum Gasteiger partial charge on any atom is 0.304 e. The summed E-state index contributed by atoms with van der Waals surface area (Å²) in [5, 5.41) is 8.98. The third-order valence-corrected chi connectivity index (χ3v) is 4.43. The number of benzene rings is 1. The van der Waals surface area contributed by atoms with Crippen molar-refractivity contribution < 1.29 is 14.6 Å². The summed E-state index contributed by atoms with van der Waals surface area (Å²) in [6.07, 6.45) is 1.18. The summed E-state index contributed by atoms with van der Waals surface area (Å²) in [6.45, 7) is 5.52. The molecule has 0 aliphatic carbocycles. The van der Waals surface area contributed by atoms with Crippen LogP contribution in [0.15, 0.2) is 22.7 Å². The second-order valence-corrected chi connectivity index (χ2v) is 6.61. The van der Waals surface area contributed by atoms with Crippen LogP contribution in [0.3, 0.4) is 0 Å². The molecule has 1 aliphatic rings. The van der Waals surface area contributed by atoms with Crippen molar-refractivity contribution in [3.05, 3.63) is 33.8 Å². The molecule has 1 aromatic rings. The Labute approximate surface area is 122 Å². The molecule has 1 fully saturated rings. The molecule has 2 rings (SSSR count). The van der Waals surface area contributed by atoms with Gasteiger partial charge in [0.05, 0.1) is 13.0 Å². The van der Waals surface area contributed by atoms with Gasteiger partial charge in [-0.25, -0.2) is 0 Å². The zero-order chi connectivity index (χ0) is 14.0. The summed E-state index contributed by atoms with van der Waals surface area (Å²) >= 11 is 3.61. The monoisotopic (exact) mass is 326 g/mol. The molecule has 1 heterocycles. The van der Waals surface area contributed by atoms with Crippen LogP contribution >= 0.6 is 15.9 Å². The van der Waals surface area contributed by atoms with Crippen LogP contribution in [0.1, 0.15) is 43.7 Å². The van der Waals surface area contributed by atoms with Gasteiger partial charge in [-0.2, -0.15) is 0 Å². The van der Waals surface area contributed by atoms with Gasteiger partial charge in [-0.1, -0.05) is 41.9 Å². The summed E-state index contributed by atoms with van der Waals surface area (Å²) in [4.78, 5) is 10.9. The first kappa shape index (κ1) is 14.5. The topological polar surface area (TPSA) is 46.5 Å². The lowest BCUT2D eigenvalue weighted by atomic mass is 9.81. The first-order valence-electron chi connectivity index (χ1n) is 6.49. The number of ether oxygens (including phenoxy) is 1. The fourth-order valence-corrected chi connectivity index (χ4v) is 3.24. The predicted octanol–water partition coefficient (Wildman–Crippen LogP) is 3.71. The van der Waals surface area contributed by atoms with Gasteiger partial charge < -0.3 is 9.84 Å². The number of hydrogen-bond donors (Lipinski definition) is 1. The van der Waals surface area contributed by atoms with Crippen LogP contribution in [0.2, 0.25) is 0 Å². The summed E-state index contributed by atoms with van der Waals surface area (Å²) in [5.74, 6) is -0.319. The van der Waals surface area contributed by atoms with Crippen molar-refractivity contribution in [2.45, 2.75) is 38.0 Å². The fourth-order valence-electron chi connectivity index (χ4n) is 2.54. The van der Waals surface area contributed by atoms with Gasteiger partial charge in [0.25, 0.3) is 0 Å². The summed E-state index contributed by atoms with van der Waals surface area (Å²) < 4.78 is 6.47. The Hall–Kier alpha value is -0.870. The third-order valence-electron chi connectivity index (χ3n) is 3.74. The standard InChI is InChI=1S/C15H19BrO3/c1-15(2,8-14(17)18)11-3-4-12(13(16)7-11)10-5-6-19-9-10/h3-4,7,10H,5-6,8-9H2,1-2H3,(H,17,18). The van der Waals surface area contributed by atoms with Crippen molar-refractivity contribution in [1.29, 1.82) is 0 Å². The molecule has 1 N–H and O–H groups in total. The SMILES string of the molecule is CC(C)(CC(=O)O)c1ccc(C2CCOC2)c(Br)c1. The van der Waals surface area contributed by atoms with Gasteiger partial charge >= 0.3 is 5.97 Å². The molecule has 1 aliphatic heterocycles. The van der Waals surface area contributed by atoms with Gasteiger partial charge in [0.1, 0.15) is 0 Å². The number of carboxylic acid groups (broad SMARTS) is 1. The second kappa shape index (κ2) is 5.63. The molecular formula is C15H19BrO3. The van der Waals surface area contributed by atoms with Crippen molar-refractivity contribution in [2.75, 3.05) is 13.2 Å². The van der Waals surface area contributed by atoms with Crippen LogP contribution in [0.4, 0.5) is 0 Å². The van der Waals surface area contributed by atoms with Crippen LogP contribution in [0.5, 0.6) is 0 Å². The van der Waals surface area contributed by atoms with Gasteiger partial charge in [-0.15, -0.1) is 0 Å². The number of carbonyl (C=O) groups is 1. The highest BCUT2D eigenvalue weighted by Gasteiger charge is 2.26. The molecule has 0 bridgehead atoms. The van der Waals surface area contributed by atoms with E-state index in [0.717, 1.165) is 29.7 Å². The van der Waals surface area contributed by atoms with Crippen LogP contribution in [0, 0.1) is 0 Å². The minimum Gasteiger partial charge on any atom is -0.481 e. The lowest BCUT2D eigenvalue weighted by molar-refractivity contribution is -0.138. The van der Waals surface area contributed by atoms with E-state index >= 15 is 0 Å². The van der Waals surface area contributed by atoms with Crippen LogP contribution < -0.4 is 0 Å². The Morgan fingerprint density at radius 3 is 2.79 bits per heavy atom. The first-order valence-corrected chi connectivity index (χ1v) is 7.29. The van der Waals surface area contributed by atoms with E-state index in [1.54, 1.807) is 0 Å². The minimum absolute atomic E-state index is 0.130. The predicted molar refractivity (Wildman–Crippen MR) is 77.6 cm³/mol. The lowest BCUT2D eigenvalue weighted by Gasteiger charge is -2.24. The molecule has 0 spiro atoms. The van der Waals surface area contributed by atoms with Gasteiger partial charge in [0.15, 0.2) is 0 Å². The molecule has 1 saturated heterocycles. The van der Waals surface area contributed by atoms with E-state index in [0.29, 0.717) is 5.92 Å². The van der Waals surface area contributed by atoms with Gasteiger partial charge in [-0.05, 0) is 23.6 Å². The van der Waals surface area contributed by atoms with Crippen molar-refractivity contribution >= 4 is 21.9 Å². The maximum absolute atomic E-state index is 10.9. The van der Waals surface area contributed by atoms with Crippen molar-refractivity contribution in [2.24, 2.45) is 0 Å². The quantitative estimate of drug-likeness (QED) is 0.917. The smallest absolute Gasteiger partial charge is 0.304 e. The molecular weight excluding hydrogens is 308 g/mol. The number of carboxylic acids is 1. The van der Waals surface area contributed by atoms with E-state index in [9.17, 15) is 4.79 Å². The maximum atomic E-state index is 10.9. The molecule has 1 aromatic carbocycles. The Morgan fingerprint density at radius 2 is 2.26 bits per heavy atom. The summed E-state index contributed by atoms with van der Waals surface area (Å²) in [5.41, 5.74) is 1.94. The Kier molecular flexibility index (Phi) is 4.31. The zero-order valence-electron chi connectivity index (χ0n) is 11.3. The van der Waals surface area contributed by atoms with Crippen molar-refractivity contribution in [1.82, 2.24) is 0 Å². The van der Waals surface area contributed by atoms with Gasteiger partial charge in [0, 0.05) is 22.4 Å². The number of aliphatic carboxylic acids is 1. The number of halogens is 1. The molecule has 1 unspecified atom stereocenters. The van der Waals surface area contributed by atoms with Gasteiger partial charge in [-0.3, -0.25) is 4.79 Å². The largest absolute Gasteiger partial charge is 0.481 e. The van der Waals surface area contributed by atoms with E-state index in [1.165, 1.54) is 5.56 Å². The molecule has 0 radical (unpaired) electrons. The van der Waals surface area contributed by atoms with E-state index in [4.69, 9.17) is 9.84 Å². The van der Waals surface area contributed by atoms with Crippen LogP contribution in [-0.4, -0.2) is 24.3 Å². The number of rotatable bonds is 4. The molecule has 0 aromatic heterocycles. The van der Waals surface area contributed by atoms with E-state index in [2.05, 4.69) is 28.1 Å². The Morgan fingerprint density at radius 1 is 1.53 bits per heavy atom. The Bertz CT molecular complexity index is 476. The fraction of sp³-hybridized carbons (Fsp3) is 0.533. The first-order chi connectivity index (χ1) is 8.90. The third kappa shape index (κ3) is 3.37. The molecule has 0 saturated carbocycles. The lowest BCUT2D eigenvalue weighted by Crippen LogP contribution is -2.21. The molecule has 4 heteroatoms. The molecule has 104 valence electrons. The van der Waals surface area contributed by atoms with Crippen molar-refractivity contribution in [3.8, 4) is 0 Å². The highest BCUT2D eigenvalue weighted by atomic mass is 79.9. The van der Waals surface area contributed by atoms with E-state index in [1.807, 2.05) is 19.9 Å². The Balaban J connectivity index is 2.25. The second-order valence-electron chi connectivity index (χ2n) is 5.75. The normalized spacial score (nSPS) is 19.6. The van der Waals surface area contributed by atoms with Crippen LogP contribution in [0.25, 0.3) is 0 Å². The molecule has 1 atom stereocenters. The molecule has 3 nitrogen and oxygen atoms in total. The van der Waals surface area contributed by atoms with Crippen molar-refractivity contribution in [3.63, 3.8) is 0 Å². The number of hydrogen-bond acceptors (Lipinski definition) is 2. The average Bonchev–Trinajstić information content (AvgIpc) is 2.80. The zero-order valence-corrected chi connectivity index (χ0v) is 12.9. The highest BCUT2D eigenvalue weighted by Crippen LogP contribution is 2.35. The van der Waals surface area contributed by atoms with E-state index in [-0.39, 0.29) is 11.8 Å². The highest BCUT2D eigenvalue weighted by molar-refractivity contribution is 9.10. The summed E-state index contributed by atoms with van der Waals surface area (Å²) in [7, 11) is 0.